The van der Waals surface area contributed by atoms with E-state index in [1.54, 1.807) is 23.5 Å². The minimum Gasteiger partial charge on any atom is -0.493 e. The Labute approximate surface area is 142 Å². The van der Waals surface area contributed by atoms with Crippen molar-refractivity contribution in [2.24, 2.45) is 0 Å². The predicted molar refractivity (Wildman–Crippen MR) is 91.6 cm³/mol. The van der Waals surface area contributed by atoms with Crippen molar-refractivity contribution in [3.05, 3.63) is 62.8 Å². The van der Waals surface area contributed by atoms with E-state index in [1.807, 2.05) is 25.3 Å². The average molecular weight is 344 g/mol. The van der Waals surface area contributed by atoms with Gasteiger partial charge in [0.1, 0.15) is 11.5 Å². The van der Waals surface area contributed by atoms with Gasteiger partial charge in [0.05, 0.1) is 22.1 Å². The molecule has 24 heavy (non-hydrogen) atoms. The maximum absolute atomic E-state index is 10.6. The second-order valence-electron chi connectivity index (χ2n) is 5.30. The zero-order valence-electron chi connectivity index (χ0n) is 13.3. The number of hydrogen-bond donors (Lipinski definition) is 0. The number of hydrogen-bond acceptors (Lipinski definition) is 6. The first-order chi connectivity index (χ1) is 11.5. The molecule has 3 rings (SSSR count). The summed E-state index contributed by atoms with van der Waals surface area (Å²) in [6.45, 7) is 4.34. The first-order valence-electron chi connectivity index (χ1n) is 7.42. The number of nitro benzene ring substituents is 1. The molecule has 0 unspecified atom stereocenters. The number of oxazole rings is 1. The normalized spacial score (nSPS) is 10.8. The molecule has 0 fully saturated rings. The monoisotopic (exact) mass is 344 g/mol. The second-order valence-corrected chi connectivity index (χ2v) is 6.22. The number of rotatable bonds is 6. The molecule has 0 saturated carbocycles. The fourth-order valence-corrected chi connectivity index (χ4v) is 3.13. The molecule has 2 heterocycles. The lowest BCUT2D eigenvalue weighted by atomic mass is 10.3. The molecular weight excluding hydrogens is 328 g/mol. The van der Waals surface area contributed by atoms with E-state index in [0.29, 0.717) is 24.7 Å². The van der Waals surface area contributed by atoms with Gasteiger partial charge in [0.2, 0.25) is 5.89 Å². The Bertz CT molecular complexity index is 852. The van der Waals surface area contributed by atoms with Crippen molar-refractivity contribution >= 4 is 17.0 Å². The molecule has 6 nitrogen and oxygen atoms in total. The number of non-ortho nitro benzene ring substituents is 1. The lowest BCUT2D eigenvalue weighted by molar-refractivity contribution is -0.384. The summed E-state index contributed by atoms with van der Waals surface area (Å²) in [6, 6.07) is 8.07. The van der Waals surface area contributed by atoms with Gasteiger partial charge >= 0.3 is 0 Å². The van der Waals surface area contributed by atoms with Crippen LogP contribution in [0.15, 0.2) is 40.1 Å². The van der Waals surface area contributed by atoms with Crippen LogP contribution >= 0.6 is 11.3 Å². The quantitative estimate of drug-likeness (QED) is 0.484. The van der Waals surface area contributed by atoms with E-state index in [9.17, 15) is 10.1 Å². The number of ether oxygens (including phenoxy) is 1. The molecule has 0 spiro atoms. The van der Waals surface area contributed by atoms with Crippen molar-refractivity contribution in [3.63, 3.8) is 0 Å². The summed E-state index contributed by atoms with van der Waals surface area (Å²) >= 11 is 1.61. The van der Waals surface area contributed by atoms with Gasteiger partial charge in [-0.1, -0.05) is 0 Å². The summed E-state index contributed by atoms with van der Waals surface area (Å²) in [4.78, 5) is 15.8. The fourth-order valence-electron chi connectivity index (χ4n) is 2.28. The van der Waals surface area contributed by atoms with Gasteiger partial charge in [-0.05, 0) is 43.0 Å². The summed E-state index contributed by atoms with van der Waals surface area (Å²) in [5.41, 5.74) is 2.06. The van der Waals surface area contributed by atoms with E-state index < -0.39 is 4.92 Å². The summed E-state index contributed by atoms with van der Waals surface area (Å²) in [5.74, 6) is 2.02. The SMILES string of the molecule is Cc1ccsc1-c1nc(CCOc2ccc([N+](=O)[O-])cc2)c(C)o1. The standard InChI is InChI=1S/C17H16N2O4S/c1-11-8-10-24-16(11)17-18-15(12(2)23-17)7-9-22-14-5-3-13(4-6-14)19(20)21/h3-6,8,10H,7,9H2,1-2H3. The predicted octanol–water partition coefficient (Wildman–Crippen LogP) is 4.55. The first kappa shape index (κ1) is 16.2. The molecule has 0 amide bonds. The highest BCUT2D eigenvalue weighted by atomic mass is 32.1. The van der Waals surface area contributed by atoms with Gasteiger partial charge in [-0.15, -0.1) is 11.3 Å². The Hall–Kier alpha value is -2.67. The van der Waals surface area contributed by atoms with Gasteiger partial charge in [-0.25, -0.2) is 4.98 Å². The zero-order valence-corrected chi connectivity index (χ0v) is 14.1. The minimum absolute atomic E-state index is 0.0469. The van der Waals surface area contributed by atoms with Gasteiger partial charge in [-0.2, -0.15) is 0 Å². The molecule has 0 N–H and O–H groups in total. The fraction of sp³-hybridized carbons (Fsp3) is 0.235. The average Bonchev–Trinajstić information content (AvgIpc) is 3.14. The maximum atomic E-state index is 10.6. The van der Waals surface area contributed by atoms with E-state index in [2.05, 4.69) is 4.98 Å². The number of nitrogens with zero attached hydrogens (tertiary/aromatic N) is 2. The number of aryl methyl sites for hydroxylation is 2. The van der Waals surface area contributed by atoms with Crippen LogP contribution in [0.1, 0.15) is 17.0 Å². The van der Waals surface area contributed by atoms with Crippen LogP contribution in [0.25, 0.3) is 10.8 Å². The Kier molecular flexibility index (Phi) is 4.61. The third kappa shape index (κ3) is 3.46. The van der Waals surface area contributed by atoms with Crippen LogP contribution in [0.2, 0.25) is 0 Å². The van der Waals surface area contributed by atoms with Gasteiger partial charge in [0, 0.05) is 18.6 Å². The smallest absolute Gasteiger partial charge is 0.269 e. The number of nitro groups is 1. The number of benzene rings is 1. The van der Waals surface area contributed by atoms with Crippen LogP contribution in [0.5, 0.6) is 5.75 Å². The third-order valence-electron chi connectivity index (χ3n) is 3.60. The molecule has 2 aromatic heterocycles. The minimum atomic E-state index is -0.434. The van der Waals surface area contributed by atoms with Gasteiger partial charge in [0.25, 0.3) is 5.69 Å². The molecule has 0 aliphatic carbocycles. The van der Waals surface area contributed by atoms with Crippen molar-refractivity contribution in [1.82, 2.24) is 4.98 Å². The molecule has 0 radical (unpaired) electrons. The van der Waals surface area contributed by atoms with Crippen LogP contribution in [0.3, 0.4) is 0 Å². The largest absolute Gasteiger partial charge is 0.493 e. The molecule has 0 aliphatic rings. The van der Waals surface area contributed by atoms with Crippen molar-refractivity contribution in [1.29, 1.82) is 0 Å². The zero-order chi connectivity index (χ0) is 17.1. The lowest BCUT2D eigenvalue weighted by Gasteiger charge is -2.04. The molecule has 0 aliphatic heterocycles. The Morgan fingerprint density at radius 1 is 1.25 bits per heavy atom. The second kappa shape index (κ2) is 6.84. The summed E-state index contributed by atoms with van der Waals surface area (Å²) in [7, 11) is 0. The Morgan fingerprint density at radius 2 is 2.00 bits per heavy atom. The molecule has 0 saturated heterocycles. The summed E-state index contributed by atoms with van der Waals surface area (Å²) < 4.78 is 11.4. The van der Waals surface area contributed by atoms with Crippen molar-refractivity contribution < 1.29 is 14.1 Å². The molecule has 124 valence electrons. The topological polar surface area (TPSA) is 78.4 Å². The van der Waals surface area contributed by atoms with E-state index >= 15 is 0 Å². The highest BCUT2D eigenvalue weighted by Crippen LogP contribution is 2.30. The van der Waals surface area contributed by atoms with Crippen LogP contribution in [0.4, 0.5) is 5.69 Å². The van der Waals surface area contributed by atoms with Crippen molar-refractivity contribution in [2.45, 2.75) is 20.3 Å². The van der Waals surface area contributed by atoms with E-state index in [-0.39, 0.29) is 5.69 Å². The van der Waals surface area contributed by atoms with Crippen LogP contribution in [0, 0.1) is 24.0 Å². The molecule has 1 aromatic carbocycles. The highest BCUT2D eigenvalue weighted by Gasteiger charge is 2.14. The lowest BCUT2D eigenvalue weighted by Crippen LogP contribution is -2.02. The number of aromatic nitrogens is 1. The molecule has 3 aromatic rings. The Morgan fingerprint density at radius 3 is 2.62 bits per heavy atom. The van der Waals surface area contributed by atoms with Crippen LogP contribution in [-0.2, 0) is 6.42 Å². The van der Waals surface area contributed by atoms with Gasteiger partial charge < -0.3 is 9.15 Å². The van der Waals surface area contributed by atoms with Crippen molar-refractivity contribution in [2.75, 3.05) is 6.61 Å². The molecular formula is C17H16N2O4S. The van der Waals surface area contributed by atoms with Gasteiger partial charge in [-0.3, -0.25) is 10.1 Å². The number of thiophene rings is 1. The van der Waals surface area contributed by atoms with E-state index in [0.717, 1.165) is 21.9 Å². The third-order valence-corrected chi connectivity index (χ3v) is 4.61. The highest BCUT2D eigenvalue weighted by molar-refractivity contribution is 7.13. The van der Waals surface area contributed by atoms with E-state index in [1.165, 1.54) is 12.1 Å². The summed E-state index contributed by atoms with van der Waals surface area (Å²) in [5, 5.41) is 12.6. The van der Waals surface area contributed by atoms with Crippen molar-refractivity contribution in [3.8, 4) is 16.5 Å². The first-order valence-corrected chi connectivity index (χ1v) is 8.30. The van der Waals surface area contributed by atoms with Crippen LogP contribution in [-0.4, -0.2) is 16.5 Å². The summed E-state index contributed by atoms with van der Waals surface area (Å²) in [6.07, 6.45) is 0.608. The maximum Gasteiger partial charge on any atom is 0.269 e. The molecule has 0 bridgehead atoms. The van der Waals surface area contributed by atoms with E-state index in [4.69, 9.17) is 9.15 Å². The van der Waals surface area contributed by atoms with Crippen LogP contribution < -0.4 is 4.74 Å². The Balaban J connectivity index is 1.62. The van der Waals surface area contributed by atoms with Gasteiger partial charge in [0.15, 0.2) is 0 Å². The molecule has 7 heteroatoms. The molecule has 0 atom stereocenters.